The highest BCUT2D eigenvalue weighted by atomic mass is 19.4. The fraction of sp³-hybridized carbons (Fsp3) is 0.0476. The first kappa shape index (κ1) is 19.4. The zero-order valence-corrected chi connectivity index (χ0v) is 15.0. The molecule has 0 atom stereocenters. The molecule has 30 heavy (non-hydrogen) atoms. The zero-order chi connectivity index (χ0) is 21.5. The Morgan fingerprint density at radius 1 is 0.967 bits per heavy atom. The van der Waals surface area contributed by atoms with E-state index < -0.39 is 23.7 Å². The van der Waals surface area contributed by atoms with Gasteiger partial charge in [0.2, 0.25) is 0 Å². The van der Waals surface area contributed by atoms with Gasteiger partial charge in [0.05, 0.1) is 16.6 Å². The predicted molar refractivity (Wildman–Crippen MR) is 101 cm³/mol. The molecule has 0 unspecified atom stereocenters. The Balaban J connectivity index is 1.67. The number of nitrogens with zero attached hydrogens (tertiary/aromatic N) is 1. The quantitative estimate of drug-likeness (QED) is 0.423. The van der Waals surface area contributed by atoms with Crippen molar-refractivity contribution in [1.82, 2.24) is 9.97 Å². The van der Waals surface area contributed by atoms with Crippen molar-refractivity contribution in [1.29, 1.82) is 0 Å². The van der Waals surface area contributed by atoms with Crippen LogP contribution in [0.15, 0.2) is 60.7 Å². The monoisotopic (exact) mass is 416 g/mol. The Bertz CT molecular complexity index is 1250. The van der Waals surface area contributed by atoms with Gasteiger partial charge in [-0.1, -0.05) is 30.3 Å². The molecule has 0 saturated heterocycles. The van der Waals surface area contributed by atoms with Gasteiger partial charge in [0.25, 0.3) is 0 Å². The summed E-state index contributed by atoms with van der Waals surface area (Å²) in [5, 5.41) is 9.04. The third-order valence-electron chi connectivity index (χ3n) is 4.36. The van der Waals surface area contributed by atoms with Gasteiger partial charge in [0, 0.05) is 11.6 Å². The van der Waals surface area contributed by atoms with Gasteiger partial charge < -0.3 is 14.8 Å². The van der Waals surface area contributed by atoms with E-state index in [4.69, 9.17) is 5.11 Å². The molecule has 0 spiro atoms. The van der Waals surface area contributed by atoms with Crippen molar-refractivity contribution in [3.05, 3.63) is 72.0 Å². The molecule has 0 radical (unpaired) electrons. The van der Waals surface area contributed by atoms with Crippen LogP contribution in [0.4, 0.5) is 17.6 Å². The van der Waals surface area contributed by atoms with E-state index in [9.17, 15) is 22.4 Å². The number of aromatic amines is 1. The molecule has 4 aromatic rings. The Hall–Kier alpha value is -3.88. The topological polar surface area (TPSA) is 75.2 Å². The molecule has 0 aliphatic rings. The van der Waals surface area contributed by atoms with Crippen molar-refractivity contribution in [2.45, 2.75) is 6.36 Å². The number of carboxylic acid groups (broad SMARTS) is 1. The molecule has 0 amide bonds. The molecule has 2 N–H and O–H groups in total. The molecular weight excluding hydrogens is 404 g/mol. The molecule has 9 heteroatoms. The molecule has 1 heterocycles. The second kappa shape index (κ2) is 7.18. The number of hydrogen-bond acceptors (Lipinski definition) is 3. The van der Waals surface area contributed by atoms with Crippen LogP contribution in [0.2, 0.25) is 0 Å². The molecule has 0 bridgehead atoms. The maximum atomic E-state index is 13.9. The SMILES string of the molecule is O=C(O)c1cc2nc(-c3cccc(-c4ccc(OC(F)(F)F)cc4)c3)[nH]c2cc1F. The van der Waals surface area contributed by atoms with Gasteiger partial charge >= 0.3 is 12.3 Å². The maximum Gasteiger partial charge on any atom is 0.573 e. The minimum atomic E-state index is -4.76. The number of aromatic nitrogens is 2. The fourth-order valence-corrected chi connectivity index (χ4v) is 3.03. The summed E-state index contributed by atoms with van der Waals surface area (Å²) in [5.74, 6) is -2.19. The molecule has 4 rings (SSSR count). The third kappa shape index (κ3) is 3.95. The number of benzene rings is 3. The first-order valence-electron chi connectivity index (χ1n) is 8.59. The van der Waals surface area contributed by atoms with Crippen molar-refractivity contribution in [3.63, 3.8) is 0 Å². The van der Waals surface area contributed by atoms with Gasteiger partial charge in [-0.3, -0.25) is 0 Å². The summed E-state index contributed by atoms with van der Waals surface area (Å²) < 4.78 is 54.7. The number of rotatable bonds is 4. The molecule has 3 aromatic carbocycles. The molecule has 0 saturated carbocycles. The molecule has 1 aromatic heterocycles. The van der Waals surface area contributed by atoms with Crippen molar-refractivity contribution in [2.24, 2.45) is 0 Å². The Kier molecular flexibility index (Phi) is 4.65. The Morgan fingerprint density at radius 2 is 1.67 bits per heavy atom. The molecule has 0 aliphatic heterocycles. The van der Waals surface area contributed by atoms with E-state index >= 15 is 0 Å². The van der Waals surface area contributed by atoms with Crippen LogP contribution in [0.5, 0.6) is 5.75 Å². The van der Waals surface area contributed by atoms with Gasteiger partial charge in [-0.05, 0) is 35.4 Å². The van der Waals surface area contributed by atoms with Crippen LogP contribution in [0.3, 0.4) is 0 Å². The van der Waals surface area contributed by atoms with E-state index in [2.05, 4.69) is 14.7 Å². The zero-order valence-electron chi connectivity index (χ0n) is 15.0. The number of carbonyl (C=O) groups is 1. The molecule has 0 aliphatic carbocycles. The Labute approximate surface area is 166 Å². The van der Waals surface area contributed by atoms with Crippen molar-refractivity contribution in [3.8, 4) is 28.3 Å². The summed E-state index contributed by atoms with van der Waals surface area (Å²) in [5.41, 5.74) is 2.16. The fourth-order valence-electron chi connectivity index (χ4n) is 3.03. The second-order valence-corrected chi connectivity index (χ2v) is 6.39. The van der Waals surface area contributed by atoms with E-state index in [0.29, 0.717) is 33.5 Å². The van der Waals surface area contributed by atoms with Crippen LogP contribution >= 0.6 is 0 Å². The summed E-state index contributed by atoms with van der Waals surface area (Å²) in [6.45, 7) is 0. The molecule has 152 valence electrons. The lowest BCUT2D eigenvalue weighted by Gasteiger charge is -2.09. The number of alkyl halides is 3. The highest BCUT2D eigenvalue weighted by Crippen LogP contribution is 2.29. The minimum Gasteiger partial charge on any atom is -0.478 e. The average Bonchev–Trinajstić information content (AvgIpc) is 3.09. The van der Waals surface area contributed by atoms with E-state index in [1.165, 1.54) is 24.3 Å². The number of carboxylic acids is 1. The lowest BCUT2D eigenvalue weighted by atomic mass is 10.0. The van der Waals surface area contributed by atoms with Gasteiger partial charge in [-0.25, -0.2) is 14.2 Å². The van der Waals surface area contributed by atoms with E-state index in [1.54, 1.807) is 24.3 Å². The van der Waals surface area contributed by atoms with Crippen LogP contribution in [-0.4, -0.2) is 27.4 Å². The normalized spacial score (nSPS) is 11.6. The average molecular weight is 416 g/mol. The Morgan fingerprint density at radius 3 is 2.33 bits per heavy atom. The molecule has 0 fully saturated rings. The largest absolute Gasteiger partial charge is 0.573 e. The predicted octanol–water partition coefficient (Wildman–Crippen LogP) is 5.63. The van der Waals surface area contributed by atoms with E-state index in [1.807, 2.05) is 0 Å². The first-order valence-corrected chi connectivity index (χ1v) is 8.59. The minimum absolute atomic E-state index is 0.294. The summed E-state index contributed by atoms with van der Waals surface area (Å²) in [4.78, 5) is 18.4. The van der Waals surface area contributed by atoms with Gasteiger partial charge in [0.15, 0.2) is 0 Å². The number of H-pyrrole nitrogens is 1. The lowest BCUT2D eigenvalue weighted by Crippen LogP contribution is -2.16. The summed E-state index contributed by atoms with van der Waals surface area (Å²) in [6.07, 6.45) is -4.76. The summed E-state index contributed by atoms with van der Waals surface area (Å²) >= 11 is 0. The number of aromatic carboxylic acids is 1. The number of halogens is 4. The third-order valence-corrected chi connectivity index (χ3v) is 4.36. The molecular formula is C21H12F4N2O3. The number of nitrogens with one attached hydrogen (secondary N) is 1. The number of hydrogen-bond donors (Lipinski definition) is 2. The van der Waals surface area contributed by atoms with Crippen LogP contribution < -0.4 is 4.74 Å². The van der Waals surface area contributed by atoms with Crippen LogP contribution in [0.1, 0.15) is 10.4 Å². The highest BCUT2D eigenvalue weighted by Gasteiger charge is 2.31. The van der Waals surface area contributed by atoms with Gasteiger partial charge in [0.1, 0.15) is 17.4 Å². The molecule has 5 nitrogen and oxygen atoms in total. The lowest BCUT2D eigenvalue weighted by molar-refractivity contribution is -0.274. The number of imidazole rings is 1. The van der Waals surface area contributed by atoms with Crippen LogP contribution in [0, 0.1) is 5.82 Å². The van der Waals surface area contributed by atoms with E-state index in [-0.39, 0.29) is 5.75 Å². The van der Waals surface area contributed by atoms with Crippen molar-refractivity contribution < 1.29 is 32.2 Å². The van der Waals surface area contributed by atoms with Gasteiger partial charge in [-0.15, -0.1) is 13.2 Å². The van der Waals surface area contributed by atoms with Gasteiger partial charge in [-0.2, -0.15) is 0 Å². The van der Waals surface area contributed by atoms with E-state index in [0.717, 1.165) is 12.1 Å². The number of ether oxygens (including phenoxy) is 1. The first-order chi connectivity index (χ1) is 14.2. The number of fused-ring (bicyclic) bond motifs is 1. The second-order valence-electron chi connectivity index (χ2n) is 6.39. The maximum absolute atomic E-state index is 13.9. The van der Waals surface area contributed by atoms with Crippen LogP contribution in [-0.2, 0) is 0 Å². The summed E-state index contributed by atoms with van der Waals surface area (Å²) in [6, 6.07) is 14.6. The van der Waals surface area contributed by atoms with Crippen LogP contribution in [0.25, 0.3) is 33.5 Å². The highest BCUT2D eigenvalue weighted by molar-refractivity contribution is 5.93. The van der Waals surface area contributed by atoms with Crippen molar-refractivity contribution >= 4 is 17.0 Å². The standard InChI is InChI=1S/C21H12F4N2O3/c22-16-10-18-17(9-15(16)20(28)29)26-19(27-18)13-3-1-2-12(8-13)11-4-6-14(7-5-11)30-21(23,24)25/h1-10H,(H,26,27)(H,28,29). The summed E-state index contributed by atoms with van der Waals surface area (Å²) in [7, 11) is 0. The smallest absolute Gasteiger partial charge is 0.478 e. The van der Waals surface area contributed by atoms with Crippen molar-refractivity contribution in [2.75, 3.05) is 0 Å².